The molecule has 0 atom stereocenters. The first kappa shape index (κ1) is 17.4. The predicted octanol–water partition coefficient (Wildman–Crippen LogP) is 2.39. The number of amides is 1. The zero-order valence-electron chi connectivity index (χ0n) is 12.7. The molecule has 1 fully saturated rings. The first-order chi connectivity index (χ1) is 11.4. The fraction of sp³-hybridized carbons (Fsp3) is 0.333. The van der Waals surface area contributed by atoms with Gasteiger partial charge in [-0.15, -0.1) is 11.3 Å². The van der Waals surface area contributed by atoms with Gasteiger partial charge in [-0.1, -0.05) is 0 Å². The number of rotatable bonds is 4. The minimum atomic E-state index is -2.99. The smallest absolute Gasteiger partial charge is 0.255 e. The number of nitrogens with one attached hydrogen (secondary N) is 1. The summed E-state index contributed by atoms with van der Waals surface area (Å²) >= 11 is 5.13. The molecule has 0 spiro atoms. The number of sulfone groups is 1. The van der Waals surface area contributed by atoms with Crippen molar-refractivity contribution in [1.82, 2.24) is 9.88 Å². The van der Waals surface area contributed by atoms with E-state index in [1.807, 2.05) is 11.4 Å². The first-order valence-corrected chi connectivity index (χ1v) is 10.9. The lowest BCUT2D eigenvalue weighted by atomic mass is 10.2. The van der Waals surface area contributed by atoms with Crippen LogP contribution in [-0.2, 0) is 16.4 Å². The van der Waals surface area contributed by atoms with Gasteiger partial charge >= 0.3 is 0 Å². The molecule has 0 aliphatic carbocycles. The van der Waals surface area contributed by atoms with Gasteiger partial charge in [-0.3, -0.25) is 4.79 Å². The molecule has 1 N–H and O–H groups in total. The highest BCUT2D eigenvalue weighted by Gasteiger charge is 2.25. The van der Waals surface area contributed by atoms with Crippen LogP contribution in [0.3, 0.4) is 0 Å². The van der Waals surface area contributed by atoms with Crippen molar-refractivity contribution in [1.29, 1.82) is 0 Å². The summed E-state index contributed by atoms with van der Waals surface area (Å²) in [4.78, 5) is 19.4. The average molecular weight is 430 g/mol. The molecule has 3 rings (SSSR count). The monoisotopic (exact) mass is 429 g/mol. The molecule has 1 amide bonds. The highest BCUT2D eigenvalue weighted by molar-refractivity contribution is 9.10. The van der Waals surface area contributed by atoms with Crippen molar-refractivity contribution < 1.29 is 13.2 Å². The summed E-state index contributed by atoms with van der Waals surface area (Å²) in [7, 11) is -2.99. The average Bonchev–Trinajstić information content (AvgIpc) is 2.98. The zero-order chi connectivity index (χ0) is 17.2. The van der Waals surface area contributed by atoms with Crippen LogP contribution in [0.4, 0.5) is 5.82 Å². The number of anilines is 1. The summed E-state index contributed by atoms with van der Waals surface area (Å²) in [6.07, 6.45) is 1.53. The Bertz CT molecular complexity index is 820. The van der Waals surface area contributed by atoms with Crippen LogP contribution in [0.15, 0.2) is 34.2 Å². The molecular weight excluding hydrogens is 414 g/mol. The minimum absolute atomic E-state index is 0.0293. The Hall–Kier alpha value is -1.45. The topological polar surface area (TPSA) is 79.4 Å². The van der Waals surface area contributed by atoms with Crippen LogP contribution in [0.2, 0.25) is 0 Å². The van der Waals surface area contributed by atoms with E-state index < -0.39 is 9.84 Å². The van der Waals surface area contributed by atoms with Crippen molar-refractivity contribution in [2.24, 2.45) is 0 Å². The number of thiophene rings is 1. The van der Waals surface area contributed by atoms with Crippen LogP contribution in [0.25, 0.3) is 0 Å². The van der Waals surface area contributed by atoms with E-state index in [1.54, 1.807) is 28.4 Å². The highest BCUT2D eigenvalue weighted by Crippen LogP contribution is 2.23. The van der Waals surface area contributed by atoms with Gasteiger partial charge in [0.1, 0.15) is 5.82 Å². The molecule has 9 heteroatoms. The molecule has 2 aromatic rings. The molecular formula is C15H16BrN3O3S2. The summed E-state index contributed by atoms with van der Waals surface area (Å²) in [6, 6.07) is 5.47. The maximum absolute atomic E-state index is 12.4. The van der Waals surface area contributed by atoms with Gasteiger partial charge in [0.15, 0.2) is 9.84 Å². The van der Waals surface area contributed by atoms with E-state index in [0.717, 1.165) is 4.47 Å². The van der Waals surface area contributed by atoms with E-state index in [1.165, 1.54) is 11.1 Å². The molecule has 1 saturated heterocycles. The quantitative estimate of drug-likeness (QED) is 0.806. The zero-order valence-corrected chi connectivity index (χ0v) is 16.0. The van der Waals surface area contributed by atoms with Crippen LogP contribution in [0, 0.1) is 0 Å². The van der Waals surface area contributed by atoms with Gasteiger partial charge in [0.2, 0.25) is 0 Å². The first-order valence-electron chi connectivity index (χ1n) is 7.36. The largest absolute Gasteiger partial charge is 0.365 e. The molecule has 6 nitrogen and oxygen atoms in total. The maximum atomic E-state index is 12.4. The molecule has 0 aromatic carbocycles. The third kappa shape index (κ3) is 4.14. The molecule has 128 valence electrons. The second kappa shape index (κ2) is 7.20. The molecule has 0 unspecified atom stereocenters. The van der Waals surface area contributed by atoms with Crippen molar-refractivity contribution in [2.45, 2.75) is 6.54 Å². The fourth-order valence-electron chi connectivity index (χ4n) is 2.35. The van der Waals surface area contributed by atoms with Crippen molar-refractivity contribution in [2.75, 3.05) is 29.9 Å². The van der Waals surface area contributed by atoms with E-state index in [4.69, 9.17) is 0 Å². The normalized spacial score (nSPS) is 16.8. The summed E-state index contributed by atoms with van der Waals surface area (Å²) < 4.78 is 23.9. The SMILES string of the molecule is O=C(c1ccc(NCc2sccc2Br)nc1)N1CCS(=O)(=O)CC1. The third-order valence-corrected chi connectivity index (χ3v) is 7.30. The van der Waals surface area contributed by atoms with Crippen LogP contribution in [0.5, 0.6) is 0 Å². The van der Waals surface area contributed by atoms with E-state index in [2.05, 4.69) is 26.2 Å². The van der Waals surface area contributed by atoms with Gasteiger partial charge in [-0.2, -0.15) is 0 Å². The third-order valence-electron chi connectivity index (χ3n) is 3.76. The van der Waals surface area contributed by atoms with Gasteiger partial charge in [0.05, 0.1) is 23.6 Å². The van der Waals surface area contributed by atoms with Gasteiger partial charge in [0.25, 0.3) is 5.91 Å². The summed E-state index contributed by atoms with van der Waals surface area (Å²) in [5, 5.41) is 5.22. The Kier molecular flexibility index (Phi) is 5.21. The van der Waals surface area contributed by atoms with Crippen LogP contribution < -0.4 is 5.32 Å². The number of hydrogen-bond acceptors (Lipinski definition) is 6. The van der Waals surface area contributed by atoms with Crippen molar-refractivity contribution in [3.05, 3.63) is 44.7 Å². The summed E-state index contributed by atoms with van der Waals surface area (Å²) in [5.74, 6) is 0.571. The van der Waals surface area contributed by atoms with Crippen LogP contribution in [-0.4, -0.2) is 48.8 Å². The summed E-state index contributed by atoms with van der Waals surface area (Å²) in [5.41, 5.74) is 0.470. The Morgan fingerprint density at radius 1 is 1.29 bits per heavy atom. The molecule has 2 aromatic heterocycles. The maximum Gasteiger partial charge on any atom is 0.255 e. The molecule has 24 heavy (non-hydrogen) atoms. The predicted molar refractivity (Wildman–Crippen MR) is 98.1 cm³/mol. The van der Waals surface area contributed by atoms with Gasteiger partial charge in [-0.05, 0) is 39.5 Å². The number of carbonyl (C=O) groups excluding carboxylic acids is 1. The van der Waals surface area contributed by atoms with Gasteiger partial charge < -0.3 is 10.2 Å². The molecule has 0 bridgehead atoms. The number of hydrogen-bond donors (Lipinski definition) is 1. The highest BCUT2D eigenvalue weighted by atomic mass is 79.9. The molecule has 3 heterocycles. The second-order valence-electron chi connectivity index (χ2n) is 5.42. The number of halogens is 1. The molecule has 0 radical (unpaired) electrons. The second-order valence-corrected chi connectivity index (χ2v) is 9.58. The lowest BCUT2D eigenvalue weighted by Gasteiger charge is -2.26. The lowest BCUT2D eigenvalue weighted by molar-refractivity contribution is 0.0770. The summed E-state index contributed by atoms with van der Waals surface area (Å²) in [6.45, 7) is 1.14. The van der Waals surface area contributed by atoms with Gasteiger partial charge in [-0.25, -0.2) is 13.4 Å². The van der Waals surface area contributed by atoms with Crippen molar-refractivity contribution in [3.63, 3.8) is 0 Å². The fourth-order valence-corrected chi connectivity index (χ4v) is 4.98. The van der Waals surface area contributed by atoms with Crippen molar-refractivity contribution >= 4 is 48.8 Å². The molecule has 1 aliphatic rings. The van der Waals surface area contributed by atoms with E-state index >= 15 is 0 Å². The standard InChI is InChI=1S/C15H16BrN3O3S2/c16-12-3-6-23-13(12)10-18-14-2-1-11(9-17-14)15(20)19-4-7-24(21,22)8-5-19/h1-3,6,9H,4-5,7-8,10H2,(H,17,18). The number of nitrogens with zero attached hydrogens (tertiary/aromatic N) is 2. The van der Waals surface area contributed by atoms with E-state index in [0.29, 0.717) is 17.9 Å². The number of pyridine rings is 1. The van der Waals surface area contributed by atoms with Gasteiger partial charge in [0, 0.05) is 28.6 Å². The molecule has 0 saturated carbocycles. The molecule has 1 aliphatic heterocycles. The number of aromatic nitrogens is 1. The van der Waals surface area contributed by atoms with E-state index in [9.17, 15) is 13.2 Å². The van der Waals surface area contributed by atoms with E-state index in [-0.39, 0.29) is 30.5 Å². The Balaban J connectivity index is 1.60. The lowest BCUT2D eigenvalue weighted by Crippen LogP contribution is -2.43. The number of carbonyl (C=O) groups is 1. The Morgan fingerprint density at radius 3 is 2.62 bits per heavy atom. The Labute approximate surface area is 152 Å². The van der Waals surface area contributed by atoms with Crippen LogP contribution in [0.1, 0.15) is 15.2 Å². The van der Waals surface area contributed by atoms with Crippen molar-refractivity contribution in [3.8, 4) is 0 Å². The Morgan fingerprint density at radius 2 is 2.04 bits per heavy atom. The minimum Gasteiger partial charge on any atom is -0.365 e. The van der Waals surface area contributed by atoms with Crippen LogP contribution >= 0.6 is 27.3 Å².